The lowest BCUT2D eigenvalue weighted by Gasteiger charge is -2.11. The monoisotopic (exact) mass is 395 g/mol. The number of carbonyl (C=O) groups excluding carboxylic acids is 1. The molecule has 0 aliphatic rings. The first-order valence-electron chi connectivity index (χ1n) is 7.64. The number of ether oxygens (including phenoxy) is 3. The van der Waals surface area contributed by atoms with Crippen molar-refractivity contribution in [1.29, 1.82) is 0 Å². The maximum atomic E-state index is 12.2. The summed E-state index contributed by atoms with van der Waals surface area (Å²) in [5, 5.41) is 3.72. The molecule has 0 bridgehead atoms. The van der Waals surface area contributed by atoms with Gasteiger partial charge in [0.05, 0.1) is 32.0 Å². The zero-order valence-electron chi connectivity index (χ0n) is 14.9. The number of nitrogens with one attached hydrogen (secondary N) is 1. The van der Waals surface area contributed by atoms with Gasteiger partial charge in [-0.05, 0) is 42.3 Å². The number of halogens is 2. The van der Waals surface area contributed by atoms with Crippen LogP contribution in [0.5, 0.6) is 17.2 Å². The van der Waals surface area contributed by atoms with Crippen LogP contribution >= 0.6 is 23.2 Å². The number of amides is 1. The molecule has 2 aromatic carbocycles. The van der Waals surface area contributed by atoms with Crippen molar-refractivity contribution in [3.63, 3.8) is 0 Å². The lowest BCUT2D eigenvalue weighted by Crippen LogP contribution is -2.09. The van der Waals surface area contributed by atoms with Gasteiger partial charge >= 0.3 is 0 Å². The van der Waals surface area contributed by atoms with Gasteiger partial charge in [-0.25, -0.2) is 0 Å². The molecule has 2 aromatic rings. The van der Waals surface area contributed by atoms with E-state index in [9.17, 15) is 4.79 Å². The molecule has 2 rings (SSSR count). The van der Waals surface area contributed by atoms with E-state index in [4.69, 9.17) is 37.4 Å². The molecule has 0 spiro atoms. The third kappa shape index (κ3) is 4.62. The third-order valence-corrected chi connectivity index (χ3v) is 4.31. The highest BCUT2D eigenvalue weighted by atomic mass is 35.5. The Labute approximate surface area is 162 Å². The van der Waals surface area contributed by atoms with Crippen molar-refractivity contribution in [3.8, 4) is 17.2 Å². The first kappa shape index (κ1) is 19.9. The summed E-state index contributed by atoms with van der Waals surface area (Å²) in [6.07, 6.45) is 3.01. The Morgan fingerprint density at radius 2 is 1.65 bits per heavy atom. The van der Waals surface area contributed by atoms with Crippen molar-refractivity contribution in [2.75, 3.05) is 26.6 Å². The summed E-state index contributed by atoms with van der Waals surface area (Å²) in [7, 11) is 4.54. The van der Waals surface area contributed by atoms with Gasteiger partial charge in [0.2, 0.25) is 5.91 Å². The van der Waals surface area contributed by atoms with Gasteiger partial charge in [-0.15, -0.1) is 0 Å². The number of anilines is 1. The topological polar surface area (TPSA) is 56.8 Å². The summed E-state index contributed by atoms with van der Waals surface area (Å²) in [4.78, 5) is 12.2. The van der Waals surface area contributed by atoms with Gasteiger partial charge in [-0.1, -0.05) is 23.2 Å². The van der Waals surface area contributed by atoms with Crippen LogP contribution in [-0.2, 0) is 4.79 Å². The molecule has 0 radical (unpaired) electrons. The highest BCUT2D eigenvalue weighted by molar-refractivity contribution is 6.32. The van der Waals surface area contributed by atoms with Crippen LogP contribution in [0.1, 0.15) is 11.1 Å². The summed E-state index contributed by atoms with van der Waals surface area (Å²) < 4.78 is 15.7. The summed E-state index contributed by atoms with van der Waals surface area (Å²) in [6, 6.07) is 6.81. The second-order valence-corrected chi connectivity index (χ2v) is 6.18. The Kier molecular flexibility index (Phi) is 6.77. The zero-order chi connectivity index (χ0) is 19.3. The van der Waals surface area contributed by atoms with Gasteiger partial charge in [0, 0.05) is 17.2 Å². The van der Waals surface area contributed by atoms with Gasteiger partial charge in [-0.2, -0.15) is 0 Å². The molecule has 7 heteroatoms. The summed E-state index contributed by atoms with van der Waals surface area (Å²) in [6.45, 7) is 1.85. The van der Waals surface area contributed by atoms with E-state index in [1.165, 1.54) is 27.4 Å². The second kappa shape index (κ2) is 8.83. The second-order valence-electron chi connectivity index (χ2n) is 5.36. The van der Waals surface area contributed by atoms with Gasteiger partial charge < -0.3 is 19.5 Å². The lowest BCUT2D eigenvalue weighted by molar-refractivity contribution is -0.111. The lowest BCUT2D eigenvalue weighted by atomic mass is 10.1. The van der Waals surface area contributed by atoms with Crippen LogP contribution in [0.25, 0.3) is 6.08 Å². The van der Waals surface area contributed by atoms with Crippen LogP contribution in [0.15, 0.2) is 30.3 Å². The van der Waals surface area contributed by atoms with Crippen molar-refractivity contribution in [3.05, 3.63) is 51.5 Å². The summed E-state index contributed by atoms with van der Waals surface area (Å²) in [5.74, 6) is 1.08. The average Bonchev–Trinajstić information content (AvgIpc) is 2.62. The largest absolute Gasteiger partial charge is 0.495 e. The van der Waals surface area contributed by atoms with Crippen LogP contribution < -0.4 is 19.5 Å². The quantitative estimate of drug-likeness (QED) is 0.700. The Hall–Kier alpha value is -2.37. The van der Waals surface area contributed by atoms with Crippen molar-refractivity contribution < 1.29 is 19.0 Å². The van der Waals surface area contributed by atoms with E-state index in [1.54, 1.807) is 30.3 Å². The van der Waals surface area contributed by atoms with Crippen LogP contribution in [-0.4, -0.2) is 27.2 Å². The molecule has 0 aliphatic carbocycles. The highest BCUT2D eigenvalue weighted by Gasteiger charge is 2.11. The van der Waals surface area contributed by atoms with E-state index in [0.29, 0.717) is 38.5 Å². The Bertz CT molecular complexity index is 850. The number of hydrogen-bond donors (Lipinski definition) is 1. The Morgan fingerprint density at radius 3 is 2.27 bits per heavy atom. The number of hydrogen-bond acceptors (Lipinski definition) is 4. The Balaban J connectivity index is 2.20. The van der Waals surface area contributed by atoms with Crippen LogP contribution in [0.4, 0.5) is 5.69 Å². The highest BCUT2D eigenvalue weighted by Crippen LogP contribution is 2.36. The molecular formula is C19H19Cl2NO4. The zero-order valence-corrected chi connectivity index (χ0v) is 16.4. The fourth-order valence-electron chi connectivity index (χ4n) is 2.31. The average molecular weight is 396 g/mol. The van der Waals surface area contributed by atoms with Crippen molar-refractivity contribution in [2.45, 2.75) is 6.92 Å². The van der Waals surface area contributed by atoms with E-state index in [0.717, 1.165) is 5.56 Å². The predicted molar refractivity (Wildman–Crippen MR) is 105 cm³/mol. The van der Waals surface area contributed by atoms with Crippen molar-refractivity contribution in [1.82, 2.24) is 0 Å². The minimum absolute atomic E-state index is 0.323. The number of rotatable bonds is 6. The van der Waals surface area contributed by atoms with Gasteiger partial charge in [-0.3, -0.25) is 4.79 Å². The molecule has 1 N–H and O–H groups in total. The number of carbonyl (C=O) groups is 1. The summed E-state index contributed by atoms with van der Waals surface area (Å²) in [5.41, 5.74) is 2.06. The molecule has 5 nitrogen and oxygen atoms in total. The fraction of sp³-hybridized carbons (Fsp3) is 0.211. The molecule has 138 valence electrons. The molecule has 0 atom stereocenters. The SMILES string of the molecule is COc1cc(Cl)c(C)cc1NC(=O)/C=C/c1cc(Cl)c(OC)c(OC)c1. The molecule has 0 unspecified atom stereocenters. The molecule has 0 saturated carbocycles. The molecule has 0 heterocycles. The molecular weight excluding hydrogens is 377 g/mol. The van der Waals surface area contributed by atoms with Crippen LogP contribution in [0.2, 0.25) is 10.0 Å². The number of benzene rings is 2. The van der Waals surface area contributed by atoms with E-state index < -0.39 is 0 Å². The van der Waals surface area contributed by atoms with Gasteiger partial charge in [0.25, 0.3) is 0 Å². The third-order valence-electron chi connectivity index (χ3n) is 3.62. The van der Waals surface area contributed by atoms with Crippen LogP contribution in [0, 0.1) is 6.92 Å². The number of methoxy groups -OCH3 is 3. The molecule has 0 fully saturated rings. The molecule has 0 aromatic heterocycles. The predicted octanol–water partition coefficient (Wildman–Crippen LogP) is 4.98. The fourth-order valence-corrected chi connectivity index (χ4v) is 2.76. The maximum absolute atomic E-state index is 12.2. The first-order chi connectivity index (χ1) is 12.4. The van der Waals surface area contributed by atoms with E-state index >= 15 is 0 Å². The van der Waals surface area contributed by atoms with Crippen LogP contribution in [0.3, 0.4) is 0 Å². The molecule has 0 aliphatic heterocycles. The molecule has 26 heavy (non-hydrogen) atoms. The van der Waals surface area contributed by atoms with E-state index in [1.807, 2.05) is 6.92 Å². The Morgan fingerprint density at radius 1 is 0.962 bits per heavy atom. The molecule has 0 saturated heterocycles. The smallest absolute Gasteiger partial charge is 0.248 e. The standard InChI is InChI=1S/C19H19Cl2NO4/c1-11-7-15(16(24-2)10-13(11)20)22-18(23)6-5-12-8-14(21)19(26-4)17(9-12)25-3/h5-10H,1-4H3,(H,22,23)/b6-5+. The van der Waals surface area contributed by atoms with Gasteiger partial charge in [0.15, 0.2) is 11.5 Å². The maximum Gasteiger partial charge on any atom is 0.248 e. The van der Waals surface area contributed by atoms with E-state index in [2.05, 4.69) is 5.32 Å². The van der Waals surface area contributed by atoms with Crippen molar-refractivity contribution in [2.24, 2.45) is 0 Å². The summed E-state index contributed by atoms with van der Waals surface area (Å²) >= 11 is 12.2. The minimum atomic E-state index is -0.323. The van der Waals surface area contributed by atoms with E-state index in [-0.39, 0.29) is 5.91 Å². The van der Waals surface area contributed by atoms with Gasteiger partial charge in [0.1, 0.15) is 5.75 Å². The van der Waals surface area contributed by atoms with Crippen molar-refractivity contribution >= 4 is 40.9 Å². The minimum Gasteiger partial charge on any atom is -0.495 e. The first-order valence-corrected chi connectivity index (χ1v) is 8.40. The normalized spacial score (nSPS) is 10.7. The molecule has 1 amide bonds. The number of aryl methyl sites for hydroxylation is 1.